The molecule has 0 heterocycles. The van der Waals surface area contributed by atoms with Crippen LogP contribution in [0.3, 0.4) is 0 Å². The number of allylic oxidation sites excluding steroid dienone is 2. The fourth-order valence-corrected chi connectivity index (χ4v) is 2.05. The van der Waals surface area contributed by atoms with Crippen LogP contribution in [0.5, 0.6) is 0 Å². The summed E-state index contributed by atoms with van der Waals surface area (Å²) >= 11 is 0. The van der Waals surface area contributed by atoms with Crippen LogP contribution in [0, 0.1) is 5.92 Å². The minimum atomic E-state index is 0.233. The second-order valence-electron chi connectivity index (χ2n) is 4.32. The van der Waals surface area contributed by atoms with Gasteiger partial charge in [0.1, 0.15) is 0 Å². The number of hydrogen-bond donors (Lipinski definition) is 1. The van der Waals surface area contributed by atoms with Gasteiger partial charge in [-0.15, -0.1) is 0 Å². The van der Waals surface area contributed by atoms with Gasteiger partial charge in [-0.1, -0.05) is 45.8 Å². The molecule has 1 heteroatoms. The van der Waals surface area contributed by atoms with Crippen LogP contribution in [0.4, 0.5) is 0 Å². The molecule has 0 amide bonds. The van der Waals surface area contributed by atoms with Gasteiger partial charge in [0.2, 0.25) is 0 Å². The van der Waals surface area contributed by atoms with Gasteiger partial charge in [-0.2, -0.15) is 0 Å². The van der Waals surface area contributed by atoms with Crippen LogP contribution in [0.2, 0.25) is 0 Å². The predicted octanol–water partition coefficient (Wildman–Crippen LogP) is 3.42. The van der Waals surface area contributed by atoms with Crippen molar-refractivity contribution in [3.05, 3.63) is 23.3 Å². The summed E-state index contributed by atoms with van der Waals surface area (Å²) in [5.74, 6) is 0.511. The first-order chi connectivity index (χ1) is 6.69. The molecule has 1 aliphatic carbocycles. The topological polar surface area (TPSA) is 26.0 Å². The monoisotopic (exact) mass is 193 g/mol. The zero-order valence-corrected chi connectivity index (χ0v) is 9.72. The van der Waals surface area contributed by atoms with Crippen molar-refractivity contribution >= 4 is 0 Å². The van der Waals surface area contributed by atoms with Gasteiger partial charge in [0.05, 0.1) is 0 Å². The maximum absolute atomic E-state index is 6.04. The van der Waals surface area contributed by atoms with Crippen LogP contribution < -0.4 is 5.73 Å². The smallest absolute Gasteiger partial charge is 0.0290 e. The molecule has 0 saturated carbocycles. The van der Waals surface area contributed by atoms with Crippen LogP contribution in [-0.2, 0) is 0 Å². The summed E-state index contributed by atoms with van der Waals surface area (Å²) in [5, 5.41) is 0. The van der Waals surface area contributed by atoms with Gasteiger partial charge in [-0.05, 0) is 29.9 Å². The Morgan fingerprint density at radius 1 is 1.07 bits per heavy atom. The Bertz CT molecular complexity index is 212. The second kappa shape index (κ2) is 5.35. The Labute approximate surface area is 88.1 Å². The highest BCUT2D eigenvalue weighted by molar-refractivity contribution is 5.36. The first kappa shape index (κ1) is 11.5. The van der Waals surface area contributed by atoms with Gasteiger partial charge in [-0.3, -0.25) is 0 Å². The quantitative estimate of drug-likeness (QED) is 0.727. The lowest BCUT2D eigenvalue weighted by atomic mass is 9.84. The molecule has 14 heavy (non-hydrogen) atoms. The predicted molar refractivity (Wildman–Crippen MR) is 63.1 cm³/mol. The highest BCUT2D eigenvalue weighted by atomic mass is 14.6. The number of nitrogens with two attached hydrogens (primary N) is 1. The highest BCUT2D eigenvalue weighted by Crippen LogP contribution is 2.28. The Kier molecular flexibility index (Phi) is 4.40. The summed E-state index contributed by atoms with van der Waals surface area (Å²) < 4.78 is 0. The van der Waals surface area contributed by atoms with E-state index in [0.717, 1.165) is 0 Å². The average Bonchev–Trinajstić information content (AvgIpc) is 2.14. The van der Waals surface area contributed by atoms with Crippen molar-refractivity contribution in [2.24, 2.45) is 11.7 Å². The molecule has 80 valence electrons. The molecule has 0 aliphatic heterocycles. The normalized spacial score (nSPS) is 27.1. The largest absolute Gasteiger partial charge is 0.324 e. The average molecular weight is 193 g/mol. The Morgan fingerprint density at radius 3 is 2.07 bits per heavy atom. The fraction of sp³-hybridized carbons (Fsp3) is 0.692. The van der Waals surface area contributed by atoms with E-state index in [1.54, 1.807) is 5.57 Å². The maximum Gasteiger partial charge on any atom is 0.0290 e. The Hall–Kier alpha value is -0.560. The van der Waals surface area contributed by atoms with Gasteiger partial charge in [0, 0.05) is 6.04 Å². The molecule has 0 aromatic heterocycles. The lowest BCUT2D eigenvalue weighted by molar-refractivity contribution is 0.603. The summed E-state index contributed by atoms with van der Waals surface area (Å²) in [7, 11) is 0. The summed E-state index contributed by atoms with van der Waals surface area (Å²) in [5.41, 5.74) is 9.08. The third-order valence-electron chi connectivity index (χ3n) is 2.92. The molecule has 0 radical (unpaired) electrons. The molecule has 0 aromatic rings. The van der Waals surface area contributed by atoms with E-state index in [4.69, 9.17) is 5.73 Å². The summed E-state index contributed by atoms with van der Waals surface area (Å²) in [6.45, 7) is 6.68. The van der Waals surface area contributed by atoms with E-state index in [-0.39, 0.29) is 6.04 Å². The van der Waals surface area contributed by atoms with E-state index in [2.05, 4.69) is 32.9 Å². The second-order valence-corrected chi connectivity index (χ2v) is 4.32. The van der Waals surface area contributed by atoms with Crippen LogP contribution in [0.1, 0.15) is 46.5 Å². The van der Waals surface area contributed by atoms with E-state index in [0.29, 0.717) is 5.92 Å². The van der Waals surface area contributed by atoms with Crippen LogP contribution in [-0.4, -0.2) is 6.04 Å². The summed E-state index contributed by atoms with van der Waals surface area (Å²) in [4.78, 5) is 0. The molecule has 0 aromatic carbocycles. The molecule has 0 spiro atoms. The van der Waals surface area contributed by atoms with Gasteiger partial charge < -0.3 is 5.73 Å². The molecule has 1 nitrogen and oxygen atoms in total. The van der Waals surface area contributed by atoms with Crippen molar-refractivity contribution in [3.8, 4) is 0 Å². The van der Waals surface area contributed by atoms with E-state index in [1.807, 2.05) is 0 Å². The highest BCUT2D eigenvalue weighted by Gasteiger charge is 2.17. The van der Waals surface area contributed by atoms with Crippen molar-refractivity contribution in [1.29, 1.82) is 0 Å². The van der Waals surface area contributed by atoms with E-state index >= 15 is 0 Å². The minimum Gasteiger partial charge on any atom is -0.324 e. The lowest BCUT2D eigenvalue weighted by Crippen LogP contribution is -2.28. The van der Waals surface area contributed by atoms with Gasteiger partial charge in [-0.25, -0.2) is 0 Å². The lowest BCUT2D eigenvalue weighted by Gasteiger charge is -2.24. The standard InChI is InChI=1S/C13H23N/c1-4-6-11-8-10(3)13(14)9-12(11)7-5-2/h8-10,13H,4-7,14H2,1-3H3. The zero-order chi connectivity index (χ0) is 10.6. The first-order valence-corrected chi connectivity index (χ1v) is 5.86. The third-order valence-corrected chi connectivity index (χ3v) is 2.92. The molecule has 1 rings (SSSR count). The summed E-state index contributed by atoms with van der Waals surface area (Å²) in [6.07, 6.45) is 9.50. The molecule has 2 N–H and O–H groups in total. The Morgan fingerprint density at radius 2 is 1.57 bits per heavy atom. The van der Waals surface area contributed by atoms with E-state index < -0.39 is 0 Å². The van der Waals surface area contributed by atoms with Crippen LogP contribution in [0.25, 0.3) is 0 Å². The maximum atomic E-state index is 6.04. The molecule has 2 atom stereocenters. The molecule has 0 saturated heterocycles. The van der Waals surface area contributed by atoms with Gasteiger partial charge in [0.25, 0.3) is 0 Å². The number of hydrogen-bond acceptors (Lipinski definition) is 1. The zero-order valence-electron chi connectivity index (χ0n) is 9.72. The molecular formula is C13H23N. The van der Waals surface area contributed by atoms with Gasteiger partial charge >= 0.3 is 0 Å². The van der Waals surface area contributed by atoms with Crippen LogP contribution >= 0.6 is 0 Å². The third kappa shape index (κ3) is 2.71. The van der Waals surface area contributed by atoms with Crippen molar-refractivity contribution in [3.63, 3.8) is 0 Å². The van der Waals surface area contributed by atoms with Crippen molar-refractivity contribution in [1.82, 2.24) is 0 Å². The molecule has 0 fully saturated rings. The fourth-order valence-electron chi connectivity index (χ4n) is 2.05. The van der Waals surface area contributed by atoms with Crippen LogP contribution in [0.15, 0.2) is 23.3 Å². The first-order valence-electron chi connectivity index (χ1n) is 5.86. The van der Waals surface area contributed by atoms with Crippen molar-refractivity contribution in [2.75, 3.05) is 0 Å². The molecular weight excluding hydrogens is 170 g/mol. The van der Waals surface area contributed by atoms with E-state index in [9.17, 15) is 0 Å². The van der Waals surface area contributed by atoms with E-state index in [1.165, 1.54) is 31.3 Å². The molecule has 1 aliphatic rings. The van der Waals surface area contributed by atoms with Crippen molar-refractivity contribution < 1.29 is 0 Å². The molecule has 2 unspecified atom stereocenters. The van der Waals surface area contributed by atoms with Crippen molar-refractivity contribution in [2.45, 2.75) is 52.5 Å². The van der Waals surface area contributed by atoms with Gasteiger partial charge in [0.15, 0.2) is 0 Å². The Balaban J connectivity index is 2.77. The molecule has 0 bridgehead atoms. The SMILES string of the molecule is CCCC1=CC(C)C(N)C=C1CCC. The number of rotatable bonds is 4. The minimum absolute atomic E-state index is 0.233. The summed E-state index contributed by atoms with van der Waals surface area (Å²) in [6, 6.07) is 0.233.